The van der Waals surface area contributed by atoms with Crippen LogP contribution in [0.4, 0.5) is 0 Å². The lowest BCUT2D eigenvalue weighted by Crippen LogP contribution is -2.53. The number of benzene rings is 1. The minimum Gasteiger partial charge on any atom is -0.492 e. The molecule has 1 aromatic rings. The summed E-state index contributed by atoms with van der Waals surface area (Å²) in [5.41, 5.74) is 10.7. The summed E-state index contributed by atoms with van der Waals surface area (Å²) in [6, 6.07) is 7.70. The van der Waals surface area contributed by atoms with Gasteiger partial charge in [-0.1, -0.05) is 12.1 Å². The van der Waals surface area contributed by atoms with Gasteiger partial charge in [0.25, 0.3) is 0 Å². The SMILES string of the molecule is Br.CC1(C)N=C(N)N=C(N)N1OCCCOc1ccccc1Br. The van der Waals surface area contributed by atoms with Crippen LogP contribution in [-0.4, -0.2) is 35.9 Å². The lowest BCUT2D eigenvalue weighted by molar-refractivity contribution is -0.158. The molecule has 7 nitrogen and oxygen atoms in total. The summed E-state index contributed by atoms with van der Waals surface area (Å²) in [7, 11) is 0. The molecule has 0 aromatic heterocycles. The van der Waals surface area contributed by atoms with Crippen LogP contribution in [0, 0.1) is 0 Å². The van der Waals surface area contributed by atoms with Gasteiger partial charge in [0, 0.05) is 6.42 Å². The average Bonchev–Trinajstić information content (AvgIpc) is 2.42. The van der Waals surface area contributed by atoms with E-state index in [1.807, 2.05) is 38.1 Å². The number of nitrogens with zero attached hydrogens (tertiary/aromatic N) is 3. The van der Waals surface area contributed by atoms with Crippen LogP contribution < -0.4 is 16.2 Å². The molecule has 0 aliphatic carbocycles. The third-order valence-corrected chi connectivity index (χ3v) is 3.58. The van der Waals surface area contributed by atoms with Crippen molar-refractivity contribution in [3.63, 3.8) is 0 Å². The van der Waals surface area contributed by atoms with Crippen LogP contribution in [0.25, 0.3) is 0 Å². The van der Waals surface area contributed by atoms with Crippen LogP contribution in [0.15, 0.2) is 38.7 Å². The molecule has 0 saturated carbocycles. The van der Waals surface area contributed by atoms with Crippen LogP contribution in [0.1, 0.15) is 20.3 Å². The molecular weight excluding hydrogens is 430 g/mol. The monoisotopic (exact) mass is 449 g/mol. The van der Waals surface area contributed by atoms with Gasteiger partial charge in [0.05, 0.1) is 17.7 Å². The van der Waals surface area contributed by atoms with E-state index in [0.29, 0.717) is 19.6 Å². The molecule has 0 bridgehead atoms. The summed E-state index contributed by atoms with van der Waals surface area (Å²) in [5.74, 6) is 1.16. The Balaban J connectivity index is 0.00000264. The Hall–Kier alpha value is -1.32. The molecule has 4 N–H and O–H groups in total. The van der Waals surface area contributed by atoms with Gasteiger partial charge in [-0.25, -0.2) is 4.99 Å². The maximum absolute atomic E-state index is 5.82. The Bertz CT molecular complexity index is 592. The van der Waals surface area contributed by atoms with E-state index in [0.717, 1.165) is 10.2 Å². The third-order valence-electron chi connectivity index (χ3n) is 2.93. The minimum atomic E-state index is -0.681. The van der Waals surface area contributed by atoms with E-state index in [-0.39, 0.29) is 28.9 Å². The number of hydroxylamine groups is 2. The summed E-state index contributed by atoms with van der Waals surface area (Å²) in [4.78, 5) is 13.7. The van der Waals surface area contributed by atoms with Gasteiger partial charge in [-0.3, -0.25) is 4.84 Å². The summed E-state index contributed by atoms with van der Waals surface area (Å²) >= 11 is 3.43. The minimum absolute atomic E-state index is 0. The summed E-state index contributed by atoms with van der Waals surface area (Å²) in [5, 5.41) is 1.46. The van der Waals surface area contributed by atoms with Crippen molar-refractivity contribution in [3.8, 4) is 5.75 Å². The van der Waals surface area contributed by atoms with Gasteiger partial charge in [-0.2, -0.15) is 10.1 Å². The molecule has 0 radical (unpaired) electrons. The standard InChI is InChI=1S/C14H20BrN5O2.BrH/c1-14(2)19-12(16)18-13(17)20(14)22-9-5-8-21-11-7-4-3-6-10(11)15;/h3-4,6-7H,5,8-9H2,1-2H3,(H4,16,17,18,19);1H. The smallest absolute Gasteiger partial charge is 0.226 e. The summed E-state index contributed by atoms with van der Waals surface area (Å²) in [6.45, 7) is 4.65. The molecule has 23 heavy (non-hydrogen) atoms. The Kier molecular flexibility index (Phi) is 7.30. The van der Waals surface area contributed by atoms with Crippen molar-refractivity contribution in [3.05, 3.63) is 28.7 Å². The van der Waals surface area contributed by atoms with Gasteiger partial charge >= 0.3 is 0 Å². The van der Waals surface area contributed by atoms with Crippen molar-refractivity contribution in [1.82, 2.24) is 5.06 Å². The zero-order valence-electron chi connectivity index (χ0n) is 13.0. The van der Waals surface area contributed by atoms with Crippen molar-refractivity contribution in [2.75, 3.05) is 13.2 Å². The van der Waals surface area contributed by atoms with Crippen molar-refractivity contribution < 1.29 is 9.57 Å². The number of nitrogens with two attached hydrogens (primary N) is 2. The second kappa shape index (κ2) is 8.51. The average molecular weight is 451 g/mol. The van der Waals surface area contributed by atoms with Crippen LogP contribution in [0.5, 0.6) is 5.75 Å². The highest BCUT2D eigenvalue weighted by atomic mass is 79.9. The normalized spacial score (nSPS) is 16.2. The fourth-order valence-electron chi connectivity index (χ4n) is 1.98. The Labute approximate surface area is 154 Å². The van der Waals surface area contributed by atoms with Crippen LogP contribution in [-0.2, 0) is 4.84 Å². The molecular formula is C14H21Br2N5O2. The summed E-state index contributed by atoms with van der Waals surface area (Å²) < 4.78 is 6.59. The molecule has 0 unspecified atom stereocenters. The first-order valence-electron chi connectivity index (χ1n) is 6.90. The largest absolute Gasteiger partial charge is 0.492 e. The molecule has 128 valence electrons. The van der Waals surface area contributed by atoms with Gasteiger partial charge < -0.3 is 16.2 Å². The number of aliphatic imine (C=N–C) groups is 2. The lowest BCUT2D eigenvalue weighted by atomic mass is 10.2. The highest BCUT2D eigenvalue weighted by Gasteiger charge is 2.32. The fourth-order valence-corrected chi connectivity index (χ4v) is 2.38. The molecule has 1 aromatic carbocycles. The second-order valence-electron chi connectivity index (χ2n) is 5.19. The molecule has 0 fully saturated rings. The molecule has 1 heterocycles. The maximum Gasteiger partial charge on any atom is 0.226 e. The highest BCUT2D eigenvalue weighted by Crippen LogP contribution is 2.24. The predicted molar refractivity (Wildman–Crippen MR) is 99.7 cm³/mol. The van der Waals surface area contributed by atoms with E-state index in [1.165, 1.54) is 5.06 Å². The molecule has 0 atom stereocenters. The van der Waals surface area contributed by atoms with E-state index >= 15 is 0 Å². The maximum atomic E-state index is 5.82. The third kappa shape index (κ3) is 5.36. The predicted octanol–water partition coefficient (Wildman–Crippen LogP) is 2.41. The first-order valence-corrected chi connectivity index (χ1v) is 7.69. The van der Waals surface area contributed by atoms with E-state index < -0.39 is 5.66 Å². The second-order valence-corrected chi connectivity index (χ2v) is 6.05. The number of halogens is 2. The van der Waals surface area contributed by atoms with Crippen LogP contribution in [0.2, 0.25) is 0 Å². The van der Waals surface area contributed by atoms with Crippen molar-refractivity contribution in [2.24, 2.45) is 21.5 Å². The molecule has 0 amide bonds. The Morgan fingerprint density at radius 2 is 1.91 bits per heavy atom. The van der Waals surface area contributed by atoms with E-state index in [1.54, 1.807) is 0 Å². The highest BCUT2D eigenvalue weighted by molar-refractivity contribution is 9.10. The van der Waals surface area contributed by atoms with Gasteiger partial charge in [0.2, 0.25) is 11.9 Å². The van der Waals surface area contributed by atoms with Crippen molar-refractivity contribution in [2.45, 2.75) is 25.9 Å². The van der Waals surface area contributed by atoms with Gasteiger partial charge in [-0.15, -0.1) is 17.0 Å². The summed E-state index contributed by atoms with van der Waals surface area (Å²) in [6.07, 6.45) is 0.695. The van der Waals surface area contributed by atoms with E-state index in [4.69, 9.17) is 21.0 Å². The van der Waals surface area contributed by atoms with Gasteiger partial charge in [0.15, 0.2) is 5.66 Å². The van der Waals surface area contributed by atoms with Gasteiger partial charge in [0.1, 0.15) is 5.75 Å². The zero-order valence-corrected chi connectivity index (χ0v) is 16.3. The molecule has 9 heteroatoms. The molecule has 2 rings (SSSR count). The quantitative estimate of drug-likeness (QED) is 0.648. The van der Waals surface area contributed by atoms with Gasteiger partial charge in [-0.05, 0) is 41.9 Å². The van der Waals surface area contributed by atoms with Crippen LogP contribution in [0.3, 0.4) is 0 Å². The van der Waals surface area contributed by atoms with E-state index in [9.17, 15) is 0 Å². The number of hydrogen-bond donors (Lipinski definition) is 2. The number of para-hydroxylation sites is 1. The number of guanidine groups is 2. The topological polar surface area (TPSA) is 98.5 Å². The van der Waals surface area contributed by atoms with E-state index in [2.05, 4.69) is 25.9 Å². The fraction of sp³-hybridized carbons (Fsp3) is 0.429. The first kappa shape index (κ1) is 19.7. The number of hydrogen-bond acceptors (Lipinski definition) is 7. The number of rotatable bonds is 6. The Morgan fingerprint density at radius 3 is 2.57 bits per heavy atom. The number of ether oxygens (including phenoxy) is 1. The first-order chi connectivity index (χ1) is 10.4. The zero-order chi connectivity index (χ0) is 16.2. The molecule has 0 spiro atoms. The van der Waals surface area contributed by atoms with Crippen molar-refractivity contribution >= 4 is 44.8 Å². The Morgan fingerprint density at radius 1 is 1.22 bits per heavy atom. The molecule has 1 aliphatic heterocycles. The molecule has 0 saturated heterocycles. The molecule has 1 aliphatic rings. The van der Waals surface area contributed by atoms with Crippen molar-refractivity contribution in [1.29, 1.82) is 0 Å². The van der Waals surface area contributed by atoms with Crippen LogP contribution >= 0.6 is 32.9 Å². The lowest BCUT2D eigenvalue weighted by Gasteiger charge is -2.36.